The Labute approximate surface area is 162 Å². The number of aryl methyl sites for hydroxylation is 1. The van der Waals surface area contributed by atoms with Crippen molar-refractivity contribution in [3.05, 3.63) is 70.7 Å². The molecule has 3 heterocycles. The van der Waals surface area contributed by atoms with Crippen LogP contribution in [0.15, 0.2) is 48.2 Å². The van der Waals surface area contributed by atoms with E-state index in [1.54, 1.807) is 35.4 Å². The highest BCUT2D eigenvalue weighted by Gasteiger charge is 2.23. The van der Waals surface area contributed by atoms with Crippen LogP contribution < -0.4 is 5.32 Å². The van der Waals surface area contributed by atoms with Crippen molar-refractivity contribution < 1.29 is 14.0 Å². The summed E-state index contributed by atoms with van der Waals surface area (Å²) in [5.41, 5.74) is 3.90. The molecule has 28 heavy (non-hydrogen) atoms. The molecule has 2 aromatic rings. The van der Waals surface area contributed by atoms with Crippen molar-refractivity contribution in [3.8, 4) is 0 Å². The number of benzene rings is 1. The summed E-state index contributed by atoms with van der Waals surface area (Å²) in [5, 5.41) is 2.80. The maximum absolute atomic E-state index is 12.9. The fraction of sp³-hybridized carbons (Fsp3) is 0.227. The van der Waals surface area contributed by atoms with Crippen LogP contribution in [0.1, 0.15) is 29.5 Å². The van der Waals surface area contributed by atoms with Gasteiger partial charge in [-0.15, -0.1) is 0 Å². The van der Waals surface area contributed by atoms with Crippen molar-refractivity contribution in [2.45, 2.75) is 19.3 Å². The molecule has 0 radical (unpaired) electrons. The Morgan fingerprint density at radius 1 is 1.14 bits per heavy atom. The van der Waals surface area contributed by atoms with Crippen LogP contribution in [0.3, 0.4) is 0 Å². The Kier molecular flexibility index (Phi) is 5.02. The van der Waals surface area contributed by atoms with Gasteiger partial charge in [0, 0.05) is 31.8 Å². The molecule has 0 unspecified atom stereocenters. The predicted octanol–water partition coefficient (Wildman–Crippen LogP) is 3.43. The molecule has 0 bridgehead atoms. The first-order valence-corrected chi connectivity index (χ1v) is 9.27. The zero-order valence-electron chi connectivity index (χ0n) is 15.3. The molecular formula is C22H20FN3O2. The van der Waals surface area contributed by atoms with Crippen molar-refractivity contribution in [2.75, 3.05) is 18.4 Å². The number of fused-ring (bicyclic) bond motifs is 1. The molecular weight excluding hydrogens is 357 g/mol. The molecule has 2 aliphatic heterocycles. The molecule has 0 spiro atoms. The Bertz CT molecular complexity index is 972. The second-order valence-corrected chi connectivity index (χ2v) is 7.06. The Balaban J connectivity index is 1.36. The van der Waals surface area contributed by atoms with E-state index in [-0.39, 0.29) is 17.6 Å². The van der Waals surface area contributed by atoms with E-state index >= 15 is 0 Å². The number of halogens is 1. The number of nitrogens with one attached hydrogen (secondary N) is 1. The Morgan fingerprint density at radius 3 is 2.71 bits per heavy atom. The first-order valence-electron chi connectivity index (χ1n) is 9.27. The second-order valence-electron chi connectivity index (χ2n) is 7.06. The van der Waals surface area contributed by atoms with Crippen molar-refractivity contribution in [3.63, 3.8) is 0 Å². The zero-order valence-corrected chi connectivity index (χ0v) is 15.3. The van der Waals surface area contributed by atoms with E-state index in [1.807, 2.05) is 12.1 Å². The quantitative estimate of drug-likeness (QED) is 0.834. The Hall–Kier alpha value is -3.28. The number of nitrogens with zero attached hydrogens (tertiary/aromatic N) is 2. The number of anilines is 1. The van der Waals surface area contributed by atoms with Gasteiger partial charge in [-0.05, 0) is 59.4 Å². The van der Waals surface area contributed by atoms with E-state index < -0.39 is 0 Å². The number of carbonyl (C=O) groups excluding carboxylic acids is 2. The van der Waals surface area contributed by atoms with E-state index in [2.05, 4.69) is 10.3 Å². The van der Waals surface area contributed by atoms with Gasteiger partial charge in [-0.3, -0.25) is 9.59 Å². The van der Waals surface area contributed by atoms with Crippen molar-refractivity contribution in [1.29, 1.82) is 0 Å². The SMILES string of the molecule is O=C1CCCc2cc(/C=C/C(=O)N3CC(=Cc4ccc(F)cc4)C3)cnc2N1. The molecule has 5 nitrogen and oxygen atoms in total. The maximum atomic E-state index is 12.9. The third kappa shape index (κ3) is 4.17. The average molecular weight is 377 g/mol. The third-order valence-electron chi connectivity index (χ3n) is 4.85. The number of carbonyl (C=O) groups is 2. The van der Waals surface area contributed by atoms with E-state index in [0.717, 1.165) is 35.1 Å². The van der Waals surface area contributed by atoms with Crippen LogP contribution >= 0.6 is 0 Å². The van der Waals surface area contributed by atoms with Gasteiger partial charge < -0.3 is 10.2 Å². The second kappa shape index (κ2) is 7.76. The molecule has 0 saturated carbocycles. The lowest BCUT2D eigenvalue weighted by molar-refractivity contribution is -0.127. The van der Waals surface area contributed by atoms with Crippen molar-refractivity contribution in [1.82, 2.24) is 9.88 Å². The number of hydrogen-bond acceptors (Lipinski definition) is 3. The van der Waals surface area contributed by atoms with Crippen LogP contribution in [0.4, 0.5) is 10.2 Å². The number of hydrogen-bond donors (Lipinski definition) is 1. The van der Waals surface area contributed by atoms with E-state index in [9.17, 15) is 14.0 Å². The van der Waals surface area contributed by atoms with Crippen molar-refractivity contribution in [2.24, 2.45) is 0 Å². The molecule has 1 fully saturated rings. The standard InChI is InChI=1S/C22H20FN3O2/c23-19-7-4-15(5-8-19)10-17-13-26(14-17)21(28)9-6-16-11-18-2-1-3-20(27)25-22(18)24-12-16/h4-12H,1-3,13-14H2,(H,24,25,27)/b9-6+. The number of likely N-dealkylation sites (tertiary alicyclic amines) is 1. The number of pyridine rings is 1. The summed E-state index contributed by atoms with van der Waals surface area (Å²) in [7, 11) is 0. The van der Waals surface area contributed by atoms with Gasteiger partial charge >= 0.3 is 0 Å². The van der Waals surface area contributed by atoms with E-state index in [1.165, 1.54) is 12.1 Å². The minimum atomic E-state index is -0.257. The van der Waals surface area contributed by atoms with Gasteiger partial charge in [-0.2, -0.15) is 0 Å². The highest BCUT2D eigenvalue weighted by Crippen LogP contribution is 2.22. The summed E-state index contributed by atoms with van der Waals surface area (Å²) >= 11 is 0. The lowest BCUT2D eigenvalue weighted by Crippen LogP contribution is -2.43. The third-order valence-corrected chi connectivity index (χ3v) is 4.85. The fourth-order valence-electron chi connectivity index (χ4n) is 3.32. The molecule has 1 saturated heterocycles. The van der Waals surface area contributed by atoms with Crippen LogP contribution in [0.5, 0.6) is 0 Å². The highest BCUT2D eigenvalue weighted by atomic mass is 19.1. The van der Waals surface area contributed by atoms with Crippen LogP contribution in [0.2, 0.25) is 0 Å². The molecule has 1 aromatic heterocycles. The van der Waals surface area contributed by atoms with Crippen LogP contribution in [0, 0.1) is 5.82 Å². The van der Waals surface area contributed by atoms with Crippen molar-refractivity contribution >= 4 is 29.8 Å². The van der Waals surface area contributed by atoms with Gasteiger partial charge in [-0.1, -0.05) is 18.2 Å². The molecule has 2 amide bonds. The summed E-state index contributed by atoms with van der Waals surface area (Å²) in [6.45, 7) is 1.16. The largest absolute Gasteiger partial charge is 0.331 e. The summed E-state index contributed by atoms with van der Waals surface area (Å²) in [6, 6.07) is 8.27. The fourth-order valence-corrected chi connectivity index (χ4v) is 3.32. The molecule has 1 N–H and O–H groups in total. The van der Waals surface area contributed by atoms with E-state index in [0.29, 0.717) is 25.3 Å². The maximum Gasteiger partial charge on any atom is 0.247 e. The molecule has 142 valence electrons. The van der Waals surface area contributed by atoms with Gasteiger partial charge in [0.15, 0.2) is 0 Å². The predicted molar refractivity (Wildman–Crippen MR) is 106 cm³/mol. The summed E-state index contributed by atoms with van der Waals surface area (Å²) in [6.07, 6.45) is 9.03. The van der Waals surface area contributed by atoms with Gasteiger partial charge in [-0.25, -0.2) is 9.37 Å². The molecule has 0 atom stereocenters. The minimum Gasteiger partial charge on any atom is -0.331 e. The van der Waals surface area contributed by atoms with Gasteiger partial charge in [0.25, 0.3) is 0 Å². The topological polar surface area (TPSA) is 62.3 Å². The summed E-state index contributed by atoms with van der Waals surface area (Å²) < 4.78 is 12.9. The van der Waals surface area contributed by atoms with Gasteiger partial charge in [0.1, 0.15) is 11.6 Å². The Morgan fingerprint density at radius 2 is 1.93 bits per heavy atom. The molecule has 6 heteroatoms. The normalized spacial score (nSPS) is 16.2. The minimum absolute atomic E-state index is 0.00741. The number of amides is 2. The first kappa shape index (κ1) is 18.1. The summed E-state index contributed by atoms with van der Waals surface area (Å²) in [5.74, 6) is 0.295. The summed E-state index contributed by atoms with van der Waals surface area (Å²) in [4.78, 5) is 29.9. The molecule has 2 aliphatic rings. The monoisotopic (exact) mass is 377 g/mol. The van der Waals surface area contributed by atoms with Gasteiger partial charge in [0.2, 0.25) is 11.8 Å². The lowest BCUT2D eigenvalue weighted by atomic mass is 10.0. The van der Waals surface area contributed by atoms with Crippen LogP contribution in [-0.4, -0.2) is 34.8 Å². The highest BCUT2D eigenvalue weighted by molar-refractivity contribution is 5.94. The number of rotatable bonds is 3. The first-order chi connectivity index (χ1) is 13.6. The average Bonchev–Trinajstić information content (AvgIpc) is 2.84. The zero-order chi connectivity index (χ0) is 19.5. The van der Waals surface area contributed by atoms with Crippen LogP contribution in [0.25, 0.3) is 12.2 Å². The lowest BCUT2D eigenvalue weighted by Gasteiger charge is -2.33. The molecule has 4 rings (SSSR count). The smallest absolute Gasteiger partial charge is 0.247 e. The molecule has 0 aliphatic carbocycles. The van der Waals surface area contributed by atoms with E-state index in [4.69, 9.17) is 0 Å². The number of aromatic nitrogens is 1. The van der Waals surface area contributed by atoms with Crippen LogP contribution in [-0.2, 0) is 16.0 Å². The van der Waals surface area contributed by atoms with Gasteiger partial charge in [0.05, 0.1) is 0 Å². The molecule has 1 aromatic carbocycles.